The van der Waals surface area contributed by atoms with Crippen LogP contribution in [0.15, 0.2) is 36.9 Å². The van der Waals surface area contributed by atoms with Crippen molar-refractivity contribution in [3.63, 3.8) is 0 Å². The number of aliphatic hydroxyl groups excluding tert-OH is 1. The van der Waals surface area contributed by atoms with Gasteiger partial charge in [-0.15, -0.1) is 0 Å². The molecule has 0 saturated carbocycles. The summed E-state index contributed by atoms with van der Waals surface area (Å²) in [5.41, 5.74) is 5.17. The van der Waals surface area contributed by atoms with Crippen LogP contribution in [0.3, 0.4) is 0 Å². The molecular weight excluding hydrogens is 507 g/mol. The molecule has 2 saturated heterocycles. The van der Waals surface area contributed by atoms with Crippen molar-refractivity contribution in [2.45, 2.75) is 74.8 Å². The lowest BCUT2D eigenvalue weighted by Crippen LogP contribution is -2.56. The number of aliphatic hydroxyl groups is 1. The number of likely N-dealkylation sites (N-methyl/N-ethyl adjacent to an activating group) is 1. The number of hydrogen-bond donors (Lipinski definition) is 1. The zero-order valence-electron chi connectivity index (χ0n) is 23.3. The summed E-state index contributed by atoms with van der Waals surface area (Å²) in [6.07, 6.45) is 5.64. The number of nitriles is 1. The molecule has 2 aliphatic heterocycles. The molecule has 0 bridgehead atoms. The fraction of sp³-hybridized carbons (Fsp3) is 0.581. The minimum Gasteiger partial charge on any atom is -0.462 e. The Balaban J connectivity index is 1.32. The molecule has 2 fully saturated rings. The zero-order chi connectivity index (χ0) is 27.9. The Morgan fingerprint density at radius 3 is 2.83 bits per heavy atom. The van der Waals surface area contributed by atoms with Crippen LogP contribution in [-0.4, -0.2) is 89.2 Å². The molecule has 1 aromatic carbocycles. The van der Waals surface area contributed by atoms with E-state index >= 15 is 0 Å². The van der Waals surface area contributed by atoms with E-state index in [1.54, 1.807) is 0 Å². The molecule has 1 spiro atoms. The van der Waals surface area contributed by atoms with Crippen molar-refractivity contribution in [1.82, 2.24) is 19.8 Å². The van der Waals surface area contributed by atoms with Gasteiger partial charge in [-0.25, -0.2) is 4.39 Å². The third-order valence-electron chi connectivity index (χ3n) is 9.62. The number of ether oxygens (including phenoxy) is 1. The van der Waals surface area contributed by atoms with E-state index in [0.717, 1.165) is 49.2 Å². The summed E-state index contributed by atoms with van der Waals surface area (Å²) in [4.78, 5) is 16.1. The van der Waals surface area contributed by atoms with E-state index in [9.17, 15) is 14.8 Å². The summed E-state index contributed by atoms with van der Waals surface area (Å²) in [6.45, 7) is 6.34. The van der Waals surface area contributed by atoms with Gasteiger partial charge >= 0.3 is 6.01 Å². The lowest BCUT2D eigenvalue weighted by atomic mass is 9.69. The molecule has 40 heavy (non-hydrogen) atoms. The van der Waals surface area contributed by atoms with E-state index in [1.807, 2.05) is 16.8 Å². The van der Waals surface area contributed by atoms with E-state index in [2.05, 4.69) is 41.8 Å². The normalized spacial score (nSPS) is 29.1. The van der Waals surface area contributed by atoms with Gasteiger partial charge in [-0.3, -0.25) is 9.80 Å². The highest BCUT2D eigenvalue weighted by molar-refractivity contribution is 5.54. The van der Waals surface area contributed by atoms with Gasteiger partial charge in [-0.2, -0.15) is 15.2 Å². The lowest BCUT2D eigenvalue weighted by molar-refractivity contribution is 0.00430. The second kappa shape index (κ2) is 11.1. The quantitative estimate of drug-likeness (QED) is 0.530. The number of alkyl halides is 1. The predicted molar refractivity (Wildman–Crippen MR) is 151 cm³/mol. The van der Waals surface area contributed by atoms with Gasteiger partial charge in [0.1, 0.15) is 24.8 Å². The van der Waals surface area contributed by atoms with Crippen molar-refractivity contribution in [3.8, 4) is 12.1 Å². The number of halogens is 1. The third kappa shape index (κ3) is 4.98. The van der Waals surface area contributed by atoms with E-state index < -0.39 is 12.4 Å². The first kappa shape index (κ1) is 27.1. The Labute approximate surface area is 236 Å². The van der Waals surface area contributed by atoms with Crippen LogP contribution in [0.25, 0.3) is 0 Å². The van der Waals surface area contributed by atoms with E-state index in [4.69, 9.17) is 14.7 Å². The number of nitrogens with zero attached hydrogens (tertiary/aromatic N) is 6. The smallest absolute Gasteiger partial charge is 0.318 e. The predicted octanol–water partition coefficient (Wildman–Crippen LogP) is 3.18. The van der Waals surface area contributed by atoms with Crippen molar-refractivity contribution >= 4 is 5.82 Å². The Morgan fingerprint density at radius 1 is 1.23 bits per heavy atom. The number of piperazine rings is 1. The van der Waals surface area contributed by atoms with Crippen molar-refractivity contribution in [1.29, 1.82) is 5.26 Å². The molecule has 0 amide bonds. The monoisotopic (exact) mass is 546 g/mol. The Hall–Kier alpha value is -3.06. The number of rotatable bonds is 7. The summed E-state index contributed by atoms with van der Waals surface area (Å²) in [6, 6.07) is 11.3. The molecule has 9 heteroatoms. The molecular formula is C31H39FN6O2. The van der Waals surface area contributed by atoms with Crippen LogP contribution in [0.4, 0.5) is 10.2 Å². The molecule has 8 nitrogen and oxygen atoms in total. The molecule has 2 aliphatic carbocycles. The Kier molecular flexibility index (Phi) is 7.51. The van der Waals surface area contributed by atoms with Crippen LogP contribution in [0.1, 0.15) is 48.1 Å². The summed E-state index contributed by atoms with van der Waals surface area (Å²) < 4.78 is 20.2. The van der Waals surface area contributed by atoms with Crippen molar-refractivity contribution in [3.05, 3.63) is 59.3 Å². The highest BCUT2D eigenvalue weighted by Gasteiger charge is 2.43. The summed E-state index contributed by atoms with van der Waals surface area (Å²) in [5.74, 6) is 0.875. The summed E-state index contributed by atoms with van der Waals surface area (Å²) in [7, 11) is 1.93. The molecule has 212 valence electrons. The van der Waals surface area contributed by atoms with Crippen LogP contribution in [0, 0.1) is 11.3 Å². The van der Waals surface area contributed by atoms with Gasteiger partial charge in [-0.1, -0.05) is 30.8 Å². The van der Waals surface area contributed by atoms with Crippen LogP contribution >= 0.6 is 0 Å². The lowest BCUT2D eigenvalue weighted by Gasteiger charge is -2.44. The van der Waals surface area contributed by atoms with E-state index in [-0.39, 0.29) is 17.5 Å². The SMILES string of the molecule is C=CC(O)N1CCN(c2nc(OC[C@@H]3C[C@@H](F)CN3C)nc3c2CCC2(CCc4ccccc42)C3)C[C@@H]1CC#N. The molecule has 2 unspecified atom stereocenters. The minimum atomic E-state index is -0.833. The molecule has 5 atom stereocenters. The van der Waals surface area contributed by atoms with Crippen molar-refractivity contribution < 1.29 is 14.2 Å². The highest BCUT2D eigenvalue weighted by Crippen LogP contribution is 2.48. The third-order valence-corrected chi connectivity index (χ3v) is 9.62. The maximum atomic E-state index is 14.0. The number of anilines is 1. The molecule has 1 aromatic heterocycles. The maximum Gasteiger partial charge on any atom is 0.318 e. The van der Waals surface area contributed by atoms with Crippen LogP contribution in [0.5, 0.6) is 6.01 Å². The highest BCUT2D eigenvalue weighted by atomic mass is 19.1. The number of benzene rings is 1. The van der Waals surface area contributed by atoms with Crippen LogP contribution in [-0.2, 0) is 24.7 Å². The number of fused-ring (bicyclic) bond motifs is 3. The van der Waals surface area contributed by atoms with E-state index in [1.165, 1.54) is 17.2 Å². The number of aryl methyl sites for hydroxylation is 1. The van der Waals surface area contributed by atoms with Gasteiger partial charge in [0, 0.05) is 49.2 Å². The molecule has 3 heterocycles. The summed E-state index contributed by atoms with van der Waals surface area (Å²) in [5, 5.41) is 20.0. The Bertz CT molecular complexity index is 1300. The zero-order valence-corrected chi connectivity index (χ0v) is 23.3. The number of aromatic nitrogens is 2. The summed E-state index contributed by atoms with van der Waals surface area (Å²) >= 11 is 0. The van der Waals surface area contributed by atoms with Crippen LogP contribution < -0.4 is 9.64 Å². The van der Waals surface area contributed by atoms with Gasteiger partial charge in [-0.05, 0) is 62.8 Å². The standard InChI is InChI=1S/C31H39FN6O2/c1-3-28(39)38-15-14-37(19-23(38)10-13-33)29-25-9-12-31(11-8-21-6-4-5-7-26(21)31)17-27(25)34-30(35-29)40-20-24-16-22(32)18-36(24)2/h3-7,22-24,28,39H,1,8-12,14-20H2,2H3/t22-,23+,24+,28?,31?/m1/s1. The fourth-order valence-corrected chi connectivity index (χ4v) is 7.41. The van der Waals surface area contributed by atoms with Gasteiger partial charge < -0.3 is 14.7 Å². The number of hydrogen-bond acceptors (Lipinski definition) is 8. The van der Waals surface area contributed by atoms with Gasteiger partial charge in [0.2, 0.25) is 0 Å². The number of likely N-dealkylation sites (tertiary alicyclic amines) is 1. The first-order valence-electron chi connectivity index (χ1n) is 14.5. The van der Waals surface area contributed by atoms with Crippen molar-refractivity contribution in [2.24, 2.45) is 0 Å². The largest absolute Gasteiger partial charge is 0.462 e. The van der Waals surface area contributed by atoms with E-state index in [0.29, 0.717) is 51.6 Å². The average Bonchev–Trinajstić information content (AvgIpc) is 3.49. The molecule has 2 aromatic rings. The minimum absolute atomic E-state index is 0.00456. The van der Waals surface area contributed by atoms with Crippen molar-refractivity contribution in [2.75, 3.05) is 44.7 Å². The van der Waals surface area contributed by atoms with Gasteiger partial charge in [0.15, 0.2) is 0 Å². The van der Waals surface area contributed by atoms with Gasteiger partial charge in [0.25, 0.3) is 0 Å². The molecule has 6 rings (SSSR count). The van der Waals surface area contributed by atoms with Crippen LogP contribution in [0.2, 0.25) is 0 Å². The average molecular weight is 547 g/mol. The second-order valence-corrected chi connectivity index (χ2v) is 12.0. The molecule has 1 N–H and O–H groups in total. The fourth-order valence-electron chi connectivity index (χ4n) is 7.41. The first-order chi connectivity index (χ1) is 19.4. The molecule has 4 aliphatic rings. The first-order valence-corrected chi connectivity index (χ1v) is 14.5. The molecule has 0 radical (unpaired) electrons. The maximum absolute atomic E-state index is 14.0. The Morgan fingerprint density at radius 2 is 2.05 bits per heavy atom. The topological polar surface area (TPSA) is 88.8 Å². The van der Waals surface area contributed by atoms with Gasteiger partial charge in [0.05, 0.1) is 18.2 Å². The second-order valence-electron chi connectivity index (χ2n) is 12.0.